The third-order valence-electron chi connectivity index (χ3n) is 1.20. The number of hydrogen-bond acceptors (Lipinski definition) is 4. The molecule has 11 heavy (non-hydrogen) atoms. The zero-order valence-corrected chi connectivity index (χ0v) is 5.40. The summed E-state index contributed by atoms with van der Waals surface area (Å²) in [6.07, 6.45) is 2.27. The molecule has 2 N–H and O–H groups in total. The Bertz CT molecular complexity index is 258. The summed E-state index contributed by atoms with van der Waals surface area (Å²) in [6, 6.07) is -1.34. The first-order valence-electron chi connectivity index (χ1n) is 2.82. The van der Waals surface area contributed by atoms with E-state index in [-0.39, 0.29) is 5.84 Å². The number of carbonyl (C=O) groups excluding carboxylic acids is 1. The molecule has 0 saturated heterocycles. The molecular weight excluding hydrogens is 150 g/mol. The molecule has 0 bridgehead atoms. The predicted octanol–water partition coefficient (Wildman–Crippen LogP) is -0.705. The molecule has 1 aliphatic heterocycles. The monoisotopic (exact) mass is 155 g/mol. The molecule has 1 amide bonds. The fourth-order valence-corrected chi connectivity index (χ4v) is 0.689. The van der Waals surface area contributed by atoms with Crippen molar-refractivity contribution in [1.82, 2.24) is 5.32 Å². The molecule has 0 aliphatic carbocycles. The van der Waals surface area contributed by atoms with Crippen molar-refractivity contribution in [2.24, 2.45) is 0 Å². The lowest BCUT2D eigenvalue weighted by molar-refractivity contribution is -0.495. The number of rotatable bonds is 1. The minimum Gasteiger partial charge on any atom is -0.305 e. The fraction of sp³-hybridized carbons (Fsp3) is 0.200. The van der Waals surface area contributed by atoms with Crippen LogP contribution in [-0.2, 0) is 4.79 Å². The zero-order chi connectivity index (χ0) is 8.43. The van der Waals surface area contributed by atoms with Gasteiger partial charge in [0.1, 0.15) is 5.84 Å². The molecule has 1 unspecified atom stereocenters. The normalized spacial score (nSPS) is 23.1. The van der Waals surface area contributed by atoms with E-state index in [0.717, 1.165) is 6.08 Å². The van der Waals surface area contributed by atoms with Crippen molar-refractivity contribution in [3.8, 4) is 0 Å². The Hall–Kier alpha value is -1.72. The van der Waals surface area contributed by atoms with Crippen molar-refractivity contribution in [3.05, 3.63) is 22.3 Å². The Morgan fingerprint density at radius 1 is 1.73 bits per heavy atom. The molecule has 1 rings (SSSR count). The number of carbonyl (C=O) groups is 1. The van der Waals surface area contributed by atoms with Gasteiger partial charge < -0.3 is 5.32 Å². The molecule has 58 valence electrons. The van der Waals surface area contributed by atoms with E-state index in [1.807, 2.05) is 5.32 Å². The van der Waals surface area contributed by atoms with Crippen LogP contribution in [-0.4, -0.2) is 22.7 Å². The molecule has 0 aromatic carbocycles. The van der Waals surface area contributed by atoms with Crippen LogP contribution in [0.5, 0.6) is 0 Å². The van der Waals surface area contributed by atoms with Crippen molar-refractivity contribution < 1.29 is 9.72 Å². The largest absolute Gasteiger partial charge is 0.308 e. The molecular formula is C5H5N3O3. The van der Waals surface area contributed by atoms with Gasteiger partial charge in [-0.15, -0.1) is 0 Å². The second-order valence-electron chi connectivity index (χ2n) is 1.99. The molecule has 6 nitrogen and oxygen atoms in total. The highest BCUT2D eigenvalue weighted by Gasteiger charge is 2.29. The third kappa shape index (κ3) is 1.40. The first-order chi connectivity index (χ1) is 5.11. The SMILES string of the molecule is N=C1C=CC([N+](=O)[O-])C(=O)N1. The van der Waals surface area contributed by atoms with Gasteiger partial charge >= 0.3 is 11.9 Å². The molecule has 0 spiro atoms. The van der Waals surface area contributed by atoms with Crippen molar-refractivity contribution >= 4 is 11.7 Å². The van der Waals surface area contributed by atoms with Gasteiger partial charge in [0.05, 0.1) is 0 Å². The molecule has 6 heteroatoms. The van der Waals surface area contributed by atoms with E-state index < -0.39 is 16.9 Å². The van der Waals surface area contributed by atoms with Crippen LogP contribution in [0.25, 0.3) is 0 Å². The number of nitrogens with one attached hydrogen (secondary N) is 2. The van der Waals surface area contributed by atoms with Gasteiger partial charge in [-0.05, 0) is 6.08 Å². The highest BCUT2D eigenvalue weighted by Crippen LogP contribution is 1.98. The molecule has 0 radical (unpaired) electrons. The van der Waals surface area contributed by atoms with Crippen LogP contribution in [0.3, 0.4) is 0 Å². The average Bonchev–Trinajstić information content (AvgIpc) is 1.85. The van der Waals surface area contributed by atoms with E-state index in [2.05, 4.69) is 0 Å². The first kappa shape index (κ1) is 7.39. The van der Waals surface area contributed by atoms with E-state index >= 15 is 0 Å². The van der Waals surface area contributed by atoms with Gasteiger partial charge in [0, 0.05) is 11.0 Å². The Kier molecular flexibility index (Phi) is 1.67. The quantitative estimate of drug-likeness (QED) is 0.387. The maximum atomic E-state index is 10.7. The summed E-state index contributed by atoms with van der Waals surface area (Å²) >= 11 is 0. The van der Waals surface area contributed by atoms with Crippen molar-refractivity contribution in [2.45, 2.75) is 6.04 Å². The van der Waals surface area contributed by atoms with E-state index in [9.17, 15) is 14.9 Å². The van der Waals surface area contributed by atoms with Gasteiger partial charge in [-0.2, -0.15) is 0 Å². The topological polar surface area (TPSA) is 96.1 Å². The Morgan fingerprint density at radius 3 is 2.82 bits per heavy atom. The summed E-state index contributed by atoms with van der Waals surface area (Å²) in [7, 11) is 0. The minimum absolute atomic E-state index is 0.117. The summed E-state index contributed by atoms with van der Waals surface area (Å²) in [5.41, 5.74) is 0. The van der Waals surface area contributed by atoms with Crippen LogP contribution >= 0.6 is 0 Å². The molecule has 1 atom stereocenters. The van der Waals surface area contributed by atoms with E-state index in [1.54, 1.807) is 0 Å². The van der Waals surface area contributed by atoms with Crippen LogP contribution < -0.4 is 5.32 Å². The van der Waals surface area contributed by atoms with Gasteiger partial charge in [0.15, 0.2) is 0 Å². The lowest BCUT2D eigenvalue weighted by atomic mass is 10.2. The Labute approximate surface area is 61.6 Å². The predicted molar refractivity (Wildman–Crippen MR) is 35.8 cm³/mol. The maximum absolute atomic E-state index is 10.7. The Balaban J connectivity index is 2.85. The minimum atomic E-state index is -1.34. The number of nitrogens with zero attached hydrogens (tertiary/aromatic N) is 1. The number of amidine groups is 1. The summed E-state index contributed by atoms with van der Waals surface area (Å²) in [6.45, 7) is 0. The van der Waals surface area contributed by atoms with Gasteiger partial charge in [-0.1, -0.05) is 0 Å². The molecule has 0 aromatic rings. The molecule has 1 heterocycles. The van der Waals surface area contributed by atoms with Crippen LogP contribution in [0.4, 0.5) is 0 Å². The van der Waals surface area contributed by atoms with Crippen LogP contribution in [0.15, 0.2) is 12.2 Å². The molecule has 1 aliphatic rings. The lowest BCUT2D eigenvalue weighted by Crippen LogP contribution is -2.43. The summed E-state index contributed by atoms with van der Waals surface area (Å²) < 4.78 is 0. The number of hydrogen-bond donors (Lipinski definition) is 2. The van der Waals surface area contributed by atoms with Crippen molar-refractivity contribution in [2.75, 3.05) is 0 Å². The molecule has 0 saturated carbocycles. The number of nitro groups is 1. The van der Waals surface area contributed by atoms with Crippen LogP contribution in [0.1, 0.15) is 0 Å². The van der Waals surface area contributed by atoms with Crippen LogP contribution in [0.2, 0.25) is 0 Å². The second-order valence-corrected chi connectivity index (χ2v) is 1.99. The van der Waals surface area contributed by atoms with Gasteiger partial charge in [0.25, 0.3) is 0 Å². The van der Waals surface area contributed by atoms with Crippen molar-refractivity contribution in [1.29, 1.82) is 5.41 Å². The van der Waals surface area contributed by atoms with Gasteiger partial charge in [-0.3, -0.25) is 20.3 Å². The first-order valence-corrected chi connectivity index (χ1v) is 2.82. The molecule has 0 aromatic heterocycles. The summed E-state index contributed by atoms with van der Waals surface area (Å²) in [5.74, 6) is -0.879. The van der Waals surface area contributed by atoms with Crippen LogP contribution in [0, 0.1) is 15.5 Å². The third-order valence-corrected chi connectivity index (χ3v) is 1.20. The van der Waals surface area contributed by atoms with Gasteiger partial charge in [-0.25, -0.2) is 0 Å². The zero-order valence-electron chi connectivity index (χ0n) is 5.40. The smallest absolute Gasteiger partial charge is 0.305 e. The standard InChI is InChI=1S/C5H5N3O3/c6-4-2-1-3(8(10)11)5(9)7-4/h1-3H,(H2,6,7,9). The van der Waals surface area contributed by atoms with E-state index in [0.29, 0.717) is 0 Å². The van der Waals surface area contributed by atoms with E-state index in [1.165, 1.54) is 6.08 Å². The highest BCUT2D eigenvalue weighted by atomic mass is 16.6. The average molecular weight is 155 g/mol. The summed E-state index contributed by atoms with van der Waals surface area (Å²) in [5, 5.41) is 19.0. The second kappa shape index (κ2) is 2.49. The number of amides is 1. The summed E-state index contributed by atoms with van der Waals surface area (Å²) in [4.78, 5) is 20.1. The molecule has 0 fully saturated rings. The Morgan fingerprint density at radius 2 is 2.36 bits per heavy atom. The van der Waals surface area contributed by atoms with Gasteiger partial charge in [0.2, 0.25) is 0 Å². The lowest BCUT2D eigenvalue weighted by Gasteiger charge is -2.09. The highest BCUT2D eigenvalue weighted by molar-refractivity contribution is 6.07. The fourth-order valence-electron chi connectivity index (χ4n) is 0.689. The van der Waals surface area contributed by atoms with E-state index in [4.69, 9.17) is 5.41 Å². The van der Waals surface area contributed by atoms with Crippen molar-refractivity contribution in [3.63, 3.8) is 0 Å². The maximum Gasteiger partial charge on any atom is 0.308 e.